The Morgan fingerprint density at radius 2 is 2.20 bits per heavy atom. The van der Waals surface area contributed by atoms with Gasteiger partial charge in [-0.25, -0.2) is 0 Å². The summed E-state index contributed by atoms with van der Waals surface area (Å²) in [5, 5.41) is 0. The molecular formula is C9H12F3NO2. The molecule has 15 heavy (non-hydrogen) atoms. The fraction of sp³-hybridized carbons (Fsp3) is 0.556. The number of halogens is 3. The Morgan fingerprint density at radius 1 is 1.47 bits per heavy atom. The van der Waals surface area contributed by atoms with Crippen molar-refractivity contribution in [1.82, 2.24) is 0 Å². The summed E-state index contributed by atoms with van der Waals surface area (Å²) in [5.74, 6) is -1.12. The van der Waals surface area contributed by atoms with Gasteiger partial charge in [0.05, 0.1) is 18.8 Å². The van der Waals surface area contributed by atoms with E-state index in [1.54, 1.807) is 12.1 Å². The highest BCUT2D eigenvalue weighted by Gasteiger charge is 2.38. The SMILES string of the molecule is NCC(COCc1ccco1)C(F)(F)F. The second kappa shape index (κ2) is 5.18. The molecule has 0 spiro atoms. The van der Waals surface area contributed by atoms with Crippen LogP contribution in [0, 0.1) is 5.92 Å². The summed E-state index contributed by atoms with van der Waals surface area (Å²) in [5.41, 5.74) is 4.99. The van der Waals surface area contributed by atoms with Crippen molar-refractivity contribution in [2.75, 3.05) is 13.2 Å². The molecule has 0 fully saturated rings. The predicted molar refractivity (Wildman–Crippen MR) is 47.0 cm³/mol. The molecule has 3 nitrogen and oxygen atoms in total. The molecule has 2 N–H and O–H groups in total. The zero-order valence-corrected chi connectivity index (χ0v) is 7.96. The van der Waals surface area contributed by atoms with Crippen LogP contribution in [0.25, 0.3) is 0 Å². The summed E-state index contributed by atoms with van der Waals surface area (Å²) in [6.45, 7) is -0.887. The standard InChI is InChI=1S/C9H12F3NO2/c10-9(11,12)7(4-13)5-14-6-8-2-1-3-15-8/h1-3,7H,4-6,13H2. The first kappa shape index (κ1) is 12.1. The van der Waals surface area contributed by atoms with Crippen molar-refractivity contribution >= 4 is 0 Å². The molecule has 1 atom stereocenters. The Bertz CT molecular complexity index is 271. The lowest BCUT2D eigenvalue weighted by molar-refractivity contribution is -0.186. The van der Waals surface area contributed by atoms with E-state index in [1.807, 2.05) is 0 Å². The van der Waals surface area contributed by atoms with E-state index in [-0.39, 0.29) is 6.61 Å². The van der Waals surface area contributed by atoms with Crippen LogP contribution in [-0.4, -0.2) is 19.3 Å². The van der Waals surface area contributed by atoms with Gasteiger partial charge in [0.15, 0.2) is 0 Å². The van der Waals surface area contributed by atoms with Gasteiger partial charge in [-0.3, -0.25) is 0 Å². The minimum atomic E-state index is -4.31. The predicted octanol–water partition coefficient (Wildman–Crippen LogP) is 1.93. The quantitative estimate of drug-likeness (QED) is 0.829. The van der Waals surface area contributed by atoms with Gasteiger partial charge in [0.2, 0.25) is 0 Å². The molecular weight excluding hydrogens is 211 g/mol. The normalized spacial score (nSPS) is 14.1. The lowest BCUT2D eigenvalue weighted by atomic mass is 10.1. The summed E-state index contributed by atoms with van der Waals surface area (Å²) < 4.78 is 46.4. The number of furan rings is 1. The number of rotatable bonds is 5. The fourth-order valence-corrected chi connectivity index (χ4v) is 0.993. The average molecular weight is 223 g/mol. The molecule has 1 rings (SSSR count). The molecule has 1 heterocycles. The number of alkyl halides is 3. The molecule has 0 bridgehead atoms. The van der Waals surface area contributed by atoms with Crippen molar-refractivity contribution in [3.05, 3.63) is 24.2 Å². The first-order chi connectivity index (χ1) is 7.04. The van der Waals surface area contributed by atoms with Crippen molar-refractivity contribution in [3.63, 3.8) is 0 Å². The Labute approximate surface area is 85.0 Å². The molecule has 1 aromatic rings. The Kier molecular flexibility index (Phi) is 4.16. The van der Waals surface area contributed by atoms with E-state index in [9.17, 15) is 13.2 Å². The van der Waals surface area contributed by atoms with Gasteiger partial charge >= 0.3 is 6.18 Å². The topological polar surface area (TPSA) is 48.4 Å². The number of nitrogens with two attached hydrogens (primary N) is 1. The van der Waals surface area contributed by atoms with Crippen LogP contribution in [0.3, 0.4) is 0 Å². The lowest BCUT2D eigenvalue weighted by Crippen LogP contribution is -2.33. The van der Waals surface area contributed by atoms with E-state index >= 15 is 0 Å². The maximum atomic E-state index is 12.2. The average Bonchev–Trinajstić information content (AvgIpc) is 2.62. The van der Waals surface area contributed by atoms with Crippen LogP contribution in [0.4, 0.5) is 13.2 Å². The maximum absolute atomic E-state index is 12.2. The van der Waals surface area contributed by atoms with E-state index in [1.165, 1.54) is 6.26 Å². The monoisotopic (exact) mass is 223 g/mol. The van der Waals surface area contributed by atoms with Crippen LogP contribution >= 0.6 is 0 Å². The number of hydrogen-bond acceptors (Lipinski definition) is 3. The van der Waals surface area contributed by atoms with Crippen molar-refractivity contribution in [1.29, 1.82) is 0 Å². The highest BCUT2D eigenvalue weighted by Crippen LogP contribution is 2.25. The molecule has 0 radical (unpaired) electrons. The molecule has 0 saturated heterocycles. The molecule has 6 heteroatoms. The van der Waals surface area contributed by atoms with E-state index in [2.05, 4.69) is 0 Å². The molecule has 0 aliphatic heterocycles. The number of ether oxygens (including phenoxy) is 1. The Morgan fingerprint density at radius 3 is 2.67 bits per heavy atom. The molecule has 0 amide bonds. The molecule has 0 aromatic carbocycles. The smallest absolute Gasteiger partial charge is 0.395 e. The summed E-state index contributed by atoms with van der Waals surface area (Å²) in [6.07, 6.45) is -2.87. The van der Waals surface area contributed by atoms with Gasteiger partial charge in [0.25, 0.3) is 0 Å². The summed E-state index contributed by atoms with van der Waals surface area (Å²) in [4.78, 5) is 0. The van der Waals surface area contributed by atoms with E-state index in [0.717, 1.165) is 0 Å². The van der Waals surface area contributed by atoms with Crippen molar-refractivity contribution in [3.8, 4) is 0 Å². The van der Waals surface area contributed by atoms with E-state index in [4.69, 9.17) is 14.9 Å². The van der Waals surface area contributed by atoms with Gasteiger partial charge in [-0.1, -0.05) is 0 Å². The third-order valence-corrected chi connectivity index (χ3v) is 1.89. The second-order valence-corrected chi connectivity index (χ2v) is 3.07. The van der Waals surface area contributed by atoms with Crippen LogP contribution in [0.2, 0.25) is 0 Å². The van der Waals surface area contributed by atoms with Crippen LogP contribution in [0.1, 0.15) is 5.76 Å². The van der Waals surface area contributed by atoms with Crippen LogP contribution < -0.4 is 5.73 Å². The summed E-state index contributed by atoms with van der Waals surface area (Å²) in [6, 6.07) is 3.27. The minimum Gasteiger partial charge on any atom is -0.467 e. The summed E-state index contributed by atoms with van der Waals surface area (Å²) in [7, 11) is 0. The van der Waals surface area contributed by atoms with Gasteiger partial charge < -0.3 is 14.9 Å². The third kappa shape index (κ3) is 3.93. The van der Waals surface area contributed by atoms with E-state index < -0.39 is 25.2 Å². The van der Waals surface area contributed by atoms with Crippen molar-refractivity contribution < 1.29 is 22.3 Å². The van der Waals surface area contributed by atoms with Crippen LogP contribution in [0.15, 0.2) is 22.8 Å². The molecule has 86 valence electrons. The summed E-state index contributed by atoms with van der Waals surface area (Å²) >= 11 is 0. The van der Waals surface area contributed by atoms with Gasteiger partial charge in [0, 0.05) is 6.54 Å². The van der Waals surface area contributed by atoms with Gasteiger partial charge in [-0.15, -0.1) is 0 Å². The minimum absolute atomic E-state index is 0.0274. The second-order valence-electron chi connectivity index (χ2n) is 3.07. The largest absolute Gasteiger partial charge is 0.467 e. The van der Waals surface area contributed by atoms with Crippen molar-refractivity contribution in [2.45, 2.75) is 12.8 Å². The highest BCUT2D eigenvalue weighted by atomic mass is 19.4. The van der Waals surface area contributed by atoms with Crippen LogP contribution in [-0.2, 0) is 11.3 Å². The van der Waals surface area contributed by atoms with Gasteiger partial charge in [-0.05, 0) is 12.1 Å². The van der Waals surface area contributed by atoms with E-state index in [0.29, 0.717) is 5.76 Å². The number of hydrogen-bond donors (Lipinski definition) is 1. The lowest BCUT2D eigenvalue weighted by Gasteiger charge is -2.17. The molecule has 1 unspecified atom stereocenters. The molecule has 0 saturated carbocycles. The van der Waals surface area contributed by atoms with Crippen LogP contribution in [0.5, 0.6) is 0 Å². The highest BCUT2D eigenvalue weighted by molar-refractivity contribution is 4.96. The molecule has 0 aliphatic carbocycles. The van der Waals surface area contributed by atoms with Gasteiger partial charge in [0.1, 0.15) is 12.4 Å². The zero-order chi connectivity index (χ0) is 11.3. The Hall–Kier alpha value is -1.01. The fourth-order valence-electron chi connectivity index (χ4n) is 0.993. The first-order valence-corrected chi connectivity index (χ1v) is 4.41. The van der Waals surface area contributed by atoms with Crippen molar-refractivity contribution in [2.24, 2.45) is 11.7 Å². The molecule has 0 aliphatic rings. The molecule has 1 aromatic heterocycles. The first-order valence-electron chi connectivity index (χ1n) is 4.41. The van der Waals surface area contributed by atoms with Gasteiger partial charge in [-0.2, -0.15) is 13.2 Å². The zero-order valence-electron chi connectivity index (χ0n) is 7.96. The maximum Gasteiger partial charge on any atom is 0.395 e. The Balaban J connectivity index is 2.29. The third-order valence-electron chi connectivity index (χ3n) is 1.89.